The molecule has 0 aliphatic heterocycles. The van der Waals surface area contributed by atoms with Gasteiger partial charge in [0.1, 0.15) is 5.82 Å². The molecule has 0 aromatic carbocycles. The zero-order chi connectivity index (χ0) is 19.0. The second-order valence-electron chi connectivity index (χ2n) is 8.30. The predicted molar refractivity (Wildman–Crippen MR) is 106 cm³/mol. The maximum Gasteiger partial charge on any atom is 0.157 e. The lowest BCUT2D eigenvalue weighted by Gasteiger charge is -2.19. The molecule has 0 saturated heterocycles. The first-order valence-corrected chi connectivity index (χ1v) is 9.61. The fourth-order valence-corrected chi connectivity index (χ4v) is 3.49. The summed E-state index contributed by atoms with van der Waals surface area (Å²) in [6.45, 7) is 6.10. The minimum atomic E-state index is -0.787. The number of anilines is 1. The van der Waals surface area contributed by atoms with Gasteiger partial charge in [-0.15, -0.1) is 0 Å². The molecule has 1 fully saturated rings. The maximum atomic E-state index is 10.00. The van der Waals surface area contributed by atoms with Crippen molar-refractivity contribution in [3.05, 3.63) is 53.6 Å². The second-order valence-corrected chi connectivity index (χ2v) is 8.30. The largest absolute Gasteiger partial charge is 0.389 e. The number of rotatable bonds is 7. The highest BCUT2D eigenvalue weighted by Gasteiger charge is 2.38. The van der Waals surface area contributed by atoms with Crippen LogP contribution in [0.4, 0.5) is 5.82 Å². The molecule has 1 saturated carbocycles. The summed E-state index contributed by atoms with van der Waals surface area (Å²) in [5.41, 5.74) is 3.53. The van der Waals surface area contributed by atoms with E-state index >= 15 is 0 Å². The third-order valence-electron chi connectivity index (χ3n) is 5.12. The van der Waals surface area contributed by atoms with Crippen LogP contribution in [0.2, 0.25) is 0 Å². The molecule has 1 aliphatic carbocycles. The van der Waals surface area contributed by atoms with E-state index in [4.69, 9.17) is 4.98 Å². The highest BCUT2D eigenvalue weighted by Crippen LogP contribution is 2.49. The van der Waals surface area contributed by atoms with E-state index in [1.165, 1.54) is 17.7 Å². The molecule has 142 valence electrons. The van der Waals surface area contributed by atoms with E-state index in [9.17, 15) is 5.11 Å². The van der Waals surface area contributed by atoms with Gasteiger partial charge < -0.3 is 10.4 Å². The monoisotopic (exact) mass is 365 g/mol. The predicted octanol–water partition coefficient (Wildman–Crippen LogP) is 3.35. The molecule has 1 aliphatic rings. The van der Waals surface area contributed by atoms with Gasteiger partial charge in [-0.05, 0) is 57.6 Å². The van der Waals surface area contributed by atoms with E-state index in [2.05, 4.69) is 34.5 Å². The average molecular weight is 365 g/mol. The molecule has 0 bridgehead atoms. The van der Waals surface area contributed by atoms with E-state index in [-0.39, 0.29) is 0 Å². The Morgan fingerprint density at radius 2 is 2.15 bits per heavy atom. The van der Waals surface area contributed by atoms with E-state index in [1.807, 2.05) is 18.3 Å². The SMILES string of the molecule is Cc1ccc([C@H]2C[C@@H]2CCc2cc(NCC(C)(C)O)n3nccc3n2)nc1. The number of hydrogen-bond donors (Lipinski definition) is 2. The van der Waals surface area contributed by atoms with Gasteiger partial charge in [0.15, 0.2) is 5.65 Å². The molecule has 2 N–H and O–H groups in total. The summed E-state index contributed by atoms with van der Waals surface area (Å²) in [5.74, 6) is 2.16. The molecular weight excluding hydrogens is 338 g/mol. The number of fused-ring (bicyclic) bond motifs is 1. The van der Waals surface area contributed by atoms with Crippen LogP contribution in [-0.4, -0.2) is 36.8 Å². The van der Waals surface area contributed by atoms with Gasteiger partial charge in [0, 0.05) is 42.2 Å². The molecule has 6 heteroatoms. The summed E-state index contributed by atoms with van der Waals surface area (Å²) < 4.78 is 1.78. The fraction of sp³-hybridized carbons (Fsp3) is 0.476. The van der Waals surface area contributed by atoms with Crippen molar-refractivity contribution in [2.75, 3.05) is 11.9 Å². The van der Waals surface area contributed by atoms with Crippen LogP contribution < -0.4 is 5.32 Å². The summed E-state index contributed by atoms with van der Waals surface area (Å²) in [4.78, 5) is 9.31. The molecule has 4 rings (SSSR count). The number of aromatic nitrogens is 4. The van der Waals surface area contributed by atoms with Crippen molar-refractivity contribution in [1.82, 2.24) is 19.6 Å². The van der Waals surface area contributed by atoms with Gasteiger partial charge in [0.2, 0.25) is 0 Å². The highest BCUT2D eigenvalue weighted by molar-refractivity contribution is 5.49. The zero-order valence-electron chi connectivity index (χ0n) is 16.2. The molecule has 3 heterocycles. The van der Waals surface area contributed by atoms with Crippen molar-refractivity contribution < 1.29 is 5.11 Å². The molecule has 27 heavy (non-hydrogen) atoms. The second kappa shape index (κ2) is 6.93. The Kier molecular flexibility index (Phi) is 4.60. The smallest absolute Gasteiger partial charge is 0.157 e. The van der Waals surface area contributed by atoms with Crippen molar-refractivity contribution in [2.24, 2.45) is 5.92 Å². The molecule has 0 radical (unpaired) electrons. The lowest BCUT2D eigenvalue weighted by atomic mass is 10.1. The lowest BCUT2D eigenvalue weighted by Crippen LogP contribution is -2.30. The molecule has 3 aromatic heterocycles. The normalized spacial score (nSPS) is 19.4. The number of hydrogen-bond acceptors (Lipinski definition) is 5. The molecule has 0 unspecified atom stereocenters. The van der Waals surface area contributed by atoms with Gasteiger partial charge in [0.05, 0.1) is 11.8 Å². The van der Waals surface area contributed by atoms with Gasteiger partial charge in [-0.3, -0.25) is 4.98 Å². The van der Waals surface area contributed by atoms with Crippen LogP contribution in [-0.2, 0) is 6.42 Å². The molecule has 0 amide bonds. The van der Waals surface area contributed by atoms with Crippen LogP contribution in [0.1, 0.15) is 49.6 Å². The standard InChI is InChI=1S/C21H27N5O/c1-14-4-7-18(22-12-14)17-10-15(17)5-6-16-11-20(23-13-21(2,3)27)26-19(25-16)8-9-24-26/h4,7-9,11-12,15,17,23,27H,5-6,10,13H2,1-3H3/t15-,17-/m0/s1. The van der Waals surface area contributed by atoms with Crippen molar-refractivity contribution in [3.8, 4) is 0 Å². The lowest BCUT2D eigenvalue weighted by molar-refractivity contribution is 0.0944. The van der Waals surface area contributed by atoms with Gasteiger partial charge in [0.25, 0.3) is 0 Å². The van der Waals surface area contributed by atoms with Crippen molar-refractivity contribution >= 4 is 11.5 Å². The Morgan fingerprint density at radius 3 is 2.89 bits per heavy atom. The molecule has 3 aromatic rings. The molecule has 6 nitrogen and oxygen atoms in total. The van der Waals surface area contributed by atoms with Crippen LogP contribution in [0.15, 0.2) is 36.7 Å². The van der Waals surface area contributed by atoms with E-state index < -0.39 is 5.60 Å². The van der Waals surface area contributed by atoms with Crippen LogP contribution in [0, 0.1) is 12.8 Å². The summed E-state index contributed by atoms with van der Waals surface area (Å²) >= 11 is 0. The number of aryl methyl sites for hydroxylation is 2. The first kappa shape index (κ1) is 17.9. The maximum absolute atomic E-state index is 10.00. The molecule has 0 spiro atoms. The number of aliphatic hydroxyl groups is 1. The van der Waals surface area contributed by atoms with Crippen molar-refractivity contribution in [1.29, 1.82) is 0 Å². The summed E-state index contributed by atoms with van der Waals surface area (Å²) in [6, 6.07) is 8.27. The number of pyridine rings is 1. The highest BCUT2D eigenvalue weighted by atomic mass is 16.3. The molecule has 2 atom stereocenters. The quantitative estimate of drug-likeness (QED) is 0.671. The van der Waals surface area contributed by atoms with Crippen LogP contribution >= 0.6 is 0 Å². The summed E-state index contributed by atoms with van der Waals surface area (Å²) in [7, 11) is 0. The third kappa shape index (κ3) is 4.27. The van der Waals surface area contributed by atoms with Crippen LogP contribution in [0.5, 0.6) is 0 Å². The number of nitrogens with zero attached hydrogens (tertiary/aromatic N) is 4. The number of nitrogens with one attached hydrogen (secondary N) is 1. The van der Waals surface area contributed by atoms with Crippen molar-refractivity contribution in [2.45, 2.75) is 51.6 Å². The van der Waals surface area contributed by atoms with Crippen LogP contribution in [0.3, 0.4) is 0 Å². The fourth-order valence-electron chi connectivity index (χ4n) is 3.49. The topological polar surface area (TPSA) is 75.3 Å². The third-order valence-corrected chi connectivity index (χ3v) is 5.12. The van der Waals surface area contributed by atoms with Gasteiger partial charge in [-0.25, -0.2) is 4.98 Å². The first-order chi connectivity index (χ1) is 12.9. The van der Waals surface area contributed by atoms with Gasteiger partial charge in [-0.1, -0.05) is 6.07 Å². The minimum Gasteiger partial charge on any atom is -0.389 e. The summed E-state index contributed by atoms with van der Waals surface area (Å²) in [5, 5.41) is 17.6. The van der Waals surface area contributed by atoms with Gasteiger partial charge in [-0.2, -0.15) is 9.61 Å². The van der Waals surface area contributed by atoms with Crippen molar-refractivity contribution in [3.63, 3.8) is 0 Å². The Morgan fingerprint density at radius 1 is 1.30 bits per heavy atom. The zero-order valence-corrected chi connectivity index (χ0v) is 16.2. The minimum absolute atomic E-state index is 0.454. The Bertz CT molecular complexity index is 926. The molecular formula is C21H27N5O. The van der Waals surface area contributed by atoms with Gasteiger partial charge >= 0.3 is 0 Å². The van der Waals surface area contributed by atoms with E-state index in [0.717, 1.165) is 30.0 Å². The van der Waals surface area contributed by atoms with Crippen LogP contribution in [0.25, 0.3) is 5.65 Å². The van der Waals surface area contributed by atoms with E-state index in [0.29, 0.717) is 18.4 Å². The first-order valence-electron chi connectivity index (χ1n) is 9.61. The summed E-state index contributed by atoms with van der Waals surface area (Å²) in [6.07, 6.45) is 6.98. The Hall–Kier alpha value is -2.47. The Labute approximate surface area is 159 Å². The average Bonchev–Trinajstić information content (AvgIpc) is 3.24. The Balaban J connectivity index is 1.42. The van der Waals surface area contributed by atoms with E-state index in [1.54, 1.807) is 24.6 Å².